The highest BCUT2D eigenvalue weighted by Gasteiger charge is 2.57. The summed E-state index contributed by atoms with van der Waals surface area (Å²) in [4.78, 5) is 49.6. The molecule has 0 bridgehead atoms. The number of epoxide rings is 1. The number of likely N-dealkylation sites (N-methyl/N-ethyl adjacent to an activating group) is 1. The molecule has 4 aliphatic heterocycles. The van der Waals surface area contributed by atoms with Crippen molar-refractivity contribution in [1.82, 2.24) is 4.90 Å². The number of methoxy groups -OCH3 is 1. The maximum absolute atomic E-state index is 14.0. The molecule has 17 heteroatoms. The summed E-state index contributed by atoms with van der Waals surface area (Å²) in [5.74, 6) is -4.43. The fourth-order valence-electron chi connectivity index (χ4n) is 8.15. The van der Waals surface area contributed by atoms with Gasteiger partial charge in [-0.05, 0) is 60.5 Å². The van der Waals surface area contributed by atoms with Crippen molar-refractivity contribution in [1.29, 1.82) is 0 Å². The number of carbonyl (C=O) groups excluding carboxylic acids is 2. The Hall–Kier alpha value is -1.11. The van der Waals surface area contributed by atoms with Crippen LogP contribution in [-0.2, 0) is 51.8 Å². The van der Waals surface area contributed by atoms with Gasteiger partial charge >= 0.3 is 13.8 Å². The summed E-state index contributed by atoms with van der Waals surface area (Å²) >= 11 is 0. The van der Waals surface area contributed by atoms with E-state index < -0.39 is 116 Å². The number of carbonyl (C=O) groups is 2. The first-order chi connectivity index (χ1) is 24.1. The molecule has 4 rings (SSSR count). The highest BCUT2D eigenvalue weighted by molar-refractivity contribution is 7.46. The number of hydrogen-bond acceptors (Lipinski definition) is 14. The summed E-state index contributed by atoms with van der Waals surface area (Å²) in [6.45, 7) is 14.0. The Balaban J connectivity index is 1.80. The SMILES string of the molecule is CO[C@H]1C[C@H](OC2[C@@H](C)C(=O)O[C@H](C)[C@H](C)[C@H](O)[C@@H](C)C(=O)[C@]3(CO3)C[C@H](C)[C@H](O[C@@H]3O[C@H](C)C[C@H](N(C)C)[C@H]3OP(=O)(O)O)[C@H]2C)O[C@@H](C)[C@@H]1O. The smallest absolute Gasteiger partial charge is 0.462 e. The molecule has 1 spiro atoms. The van der Waals surface area contributed by atoms with Crippen LogP contribution < -0.4 is 0 Å². The van der Waals surface area contributed by atoms with Crippen molar-refractivity contribution in [3.05, 3.63) is 0 Å². The first-order valence-electron chi connectivity index (χ1n) is 18.4. The van der Waals surface area contributed by atoms with Crippen molar-refractivity contribution in [2.75, 3.05) is 27.8 Å². The average molecular weight is 768 g/mol. The molecule has 4 fully saturated rings. The molecule has 302 valence electrons. The number of aliphatic hydroxyl groups is 2. The van der Waals surface area contributed by atoms with Crippen molar-refractivity contribution in [2.45, 2.75) is 154 Å². The van der Waals surface area contributed by atoms with E-state index in [1.54, 1.807) is 53.6 Å². The molecule has 0 aliphatic carbocycles. The first-order valence-corrected chi connectivity index (χ1v) is 19.9. The van der Waals surface area contributed by atoms with E-state index in [1.165, 1.54) is 7.11 Å². The van der Waals surface area contributed by atoms with Crippen LogP contribution in [-0.4, -0.2) is 144 Å². The van der Waals surface area contributed by atoms with E-state index in [1.807, 2.05) is 20.8 Å². The fourth-order valence-corrected chi connectivity index (χ4v) is 8.71. The van der Waals surface area contributed by atoms with E-state index in [0.717, 1.165) is 0 Å². The molecule has 0 radical (unpaired) electrons. The zero-order chi connectivity index (χ0) is 39.0. The second kappa shape index (κ2) is 17.4. The van der Waals surface area contributed by atoms with Gasteiger partial charge in [0.25, 0.3) is 0 Å². The molecule has 4 heterocycles. The van der Waals surface area contributed by atoms with Crippen molar-refractivity contribution in [2.24, 2.45) is 29.6 Å². The lowest BCUT2D eigenvalue weighted by Gasteiger charge is -2.47. The van der Waals surface area contributed by atoms with Crippen LogP contribution in [0.25, 0.3) is 0 Å². The Labute approximate surface area is 307 Å². The highest BCUT2D eigenvalue weighted by atomic mass is 31.2. The van der Waals surface area contributed by atoms with Crippen LogP contribution in [0.1, 0.15) is 74.7 Å². The van der Waals surface area contributed by atoms with Crippen LogP contribution in [0.4, 0.5) is 0 Å². The van der Waals surface area contributed by atoms with Gasteiger partial charge in [-0.1, -0.05) is 27.7 Å². The predicted octanol–water partition coefficient (Wildman–Crippen LogP) is 2.03. The Morgan fingerprint density at radius 2 is 1.46 bits per heavy atom. The number of esters is 1. The Kier molecular flexibility index (Phi) is 14.6. The number of cyclic esters (lactones) is 1. The monoisotopic (exact) mass is 767 g/mol. The van der Waals surface area contributed by atoms with Crippen LogP contribution >= 0.6 is 7.82 Å². The zero-order valence-corrected chi connectivity index (χ0v) is 33.2. The second-order valence-corrected chi connectivity index (χ2v) is 17.1. The number of ketones is 1. The van der Waals surface area contributed by atoms with Crippen LogP contribution in [0, 0.1) is 29.6 Å². The summed E-state index contributed by atoms with van der Waals surface area (Å²) in [7, 11) is -0.00457. The van der Waals surface area contributed by atoms with E-state index in [0.29, 0.717) is 6.42 Å². The standard InChI is InChI=1S/C35H62NO15P/c1-16-14-35(15-45-35)32(39)19(4)27(37)18(3)22(7)48-33(40)21(6)30(49-26-13-25(44-11)28(38)23(8)47-26)20(5)29(16)50-34-31(51-52(41,42)43)24(36(9)10)12-17(2)46-34/h16-31,34,37-38H,12-15H2,1-11H3,(H2,41,42,43)/t16-,17+,18-,19+,20+,21+,22+,23-,24-,25-,26-,27-,28-,29-,30?,31+,34-,35+/m0/s1. The number of ether oxygens (including phenoxy) is 7. The lowest BCUT2D eigenvalue weighted by Crippen LogP contribution is -2.57. The molecule has 0 aromatic rings. The average Bonchev–Trinajstić information content (AvgIpc) is 3.85. The number of nitrogens with zero attached hydrogens (tertiary/aromatic N) is 1. The Bertz CT molecular complexity index is 1260. The van der Waals surface area contributed by atoms with Gasteiger partial charge in [0.05, 0.1) is 49.1 Å². The minimum Gasteiger partial charge on any atom is -0.462 e. The minimum atomic E-state index is -5.03. The molecule has 0 saturated carbocycles. The van der Waals surface area contributed by atoms with Gasteiger partial charge in [-0.2, -0.15) is 0 Å². The quantitative estimate of drug-likeness (QED) is 0.158. The summed E-state index contributed by atoms with van der Waals surface area (Å²) in [5, 5.41) is 21.9. The molecule has 0 aromatic heterocycles. The summed E-state index contributed by atoms with van der Waals surface area (Å²) in [6.07, 6.45) is -9.01. The van der Waals surface area contributed by atoms with Gasteiger partial charge in [0, 0.05) is 37.3 Å². The maximum Gasteiger partial charge on any atom is 0.470 e. The van der Waals surface area contributed by atoms with Crippen molar-refractivity contribution < 1.29 is 71.8 Å². The molecule has 4 saturated heterocycles. The molecule has 18 atom stereocenters. The van der Waals surface area contributed by atoms with Gasteiger partial charge in [-0.3, -0.25) is 14.1 Å². The molecule has 0 amide bonds. The van der Waals surface area contributed by atoms with Crippen molar-refractivity contribution >= 4 is 19.6 Å². The highest BCUT2D eigenvalue weighted by Crippen LogP contribution is 2.46. The van der Waals surface area contributed by atoms with E-state index in [-0.39, 0.29) is 31.3 Å². The van der Waals surface area contributed by atoms with Gasteiger partial charge in [0.1, 0.15) is 18.3 Å². The molecule has 4 aliphatic rings. The van der Waals surface area contributed by atoms with E-state index in [4.69, 9.17) is 37.7 Å². The number of rotatable bonds is 8. The normalized spacial score (nSPS) is 47.3. The molecule has 52 heavy (non-hydrogen) atoms. The Morgan fingerprint density at radius 1 is 0.827 bits per heavy atom. The number of phosphoric acid groups is 1. The summed E-state index contributed by atoms with van der Waals surface area (Å²) < 4.78 is 60.6. The van der Waals surface area contributed by atoms with Gasteiger partial charge in [-0.25, -0.2) is 4.57 Å². The number of Topliss-reactive ketones (excluding diaryl/α,β-unsaturated/α-hetero) is 1. The molecular weight excluding hydrogens is 705 g/mol. The van der Waals surface area contributed by atoms with Gasteiger partial charge in [-0.15, -0.1) is 0 Å². The van der Waals surface area contributed by atoms with Crippen molar-refractivity contribution in [3.8, 4) is 0 Å². The predicted molar refractivity (Wildman–Crippen MR) is 185 cm³/mol. The fraction of sp³-hybridized carbons (Fsp3) is 0.943. The van der Waals surface area contributed by atoms with Gasteiger partial charge < -0.3 is 58.1 Å². The minimum absolute atomic E-state index is 0.141. The number of aliphatic hydroxyl groups excluding tert-OH is 2. The lowest BCUT2D eigenvalue weighted by molar-refractivity contribution is -0.297. The largest absolute Gasteiger partial charge is 0.470 e. The second-order valence-electron chi connectivity index (χ2n) is 15.9. The van der Waals surface area contributed by atoms with Crippen LogP contribution in [0.3, 0.4) is 0 Å². The molecule has 1 unspecified atom stereocenters. The van der Waals surface area contributed by atoms with E-state index in [2.05, 4.69) is 0 Å². The maximum atomic E-state index is 14.0. The third-order valence-electron chi connectivity index (χ3n) is 11.6. The van der Waals surface area contributed by atoms with Gasteiger partial charge in [0.2, 0.25) is 0 Å². The van der Waals surface area contributed by atoms with Crippen LogP contribution in [0.5, 0.6) is 0 Å². The molecule has 16 nitrogen and oxygen atoms in total. The first kappa shape index (κ1) is 43.6. The number of hydrogen-bond donors (Lipinski definition) is 4. The molecule has 0 aromatic carbocycles. The van der Waals surface area contributed by atoms with Gasteiger partial charge in [0.15, 0.2) is 24.0 Å². The topological polar surface area (TPSA) is 213 Å². The molecular formula is C35H62NO15P. The van der Waals surface area contributed by atoms with E-state index >= 15 is 0 Å². The van der Waals surface area contributed by atoms with Crippen molar-refractivity contribution in [3.63, 3.8) is 0 Å². The zero-order valence-electron chi connectivity index (χ0n) is 32.3. The third kappa shape index (κ3) is 10.00. The molecule has 4 N–H and O–H groups in total. The lowest BCUT2D eigenvalue weighted by atomic mass is 9.76. The Morgan fingerprint density at radius 3 is 2.02 bits per heavy atom. The summed E-state index contributed by atoms with van der Waals surface area (Å²) in [5.41, 5.74) is -1.20. The summed E-state index contributed by atoms with van der Waals surface area (Å²) in [6, 6.07) is -0.508. The third-order valence-corrected chi connectivity index (χ3v) is 12.1. The number of phosphoric ester groups is 1. The van der Waals surface area contributed by atoms with Crippen LogP contribution in [0.2, 0.25) is 0 Å². The van der Waals surface area contributed by atoms with E-state index in [9.17, 15) is 34.2 Å². The van der Waals surface area contributed by atoms with Crippen LogP contribution in [0.15, 0.2) is 0 Å².